The van der Waals surface area contributed by atoms with Crippen molar-refractivity contribution < 1.29 is 24.3 Å². The van der Waals surface area contributed by atoms with E-state index in [1.54, 1.807) is 18.2 Å². The lowest BCUT2D eigenvalue weighted by Crippen LogP contribution is -3.16. The van der Waals surface area contributed by atoms with E-state index < -0.39 is 0 Å². The van der Waals surface area contributed by atoms with Crippen molar-refractivity contribution in [1.82, 2.24) is 10.3 Å². The molecule has 0 radical (unpaired) electrons. The molecule has 6 rings (SSSR count). The monoisotopic (exact) mass is 677 g/mol. The molecule has 3 heterocycles. The van der Waals surface area contributed by atoms with Crippen molar-refractivity contribution in [3.63, 3.8) is 0 Å². The van der Waals surface area contributed by atoms with Gasteiger partial charge in [0.15, 0.2) is 24.0 Å². The molecule has 1 aromatic carbocycles. The van der Waals surface area contributed by atoms with Crippen LogP contribution >= 0.6 is 21.6 Å². The molecular weight excluding hydrogens is 629 g/mol. The average Bonchev–Trinajstić information content (AvgIpc) is 3.84. The number of nitrogen functional groups attached to an aromatic ring is 1. The van der Waals surface area contributed by atoms with Gasteiger partial charge >= 0.3 is 0 Å². The fourth-order valence-electron chi connectivity index (χ4n) is 8.39. The molecule has 1 spiro atoms. The molecule has 2 bridgehead atoms. The average molecular weight is 678 g/mol. The molecule has 10 heteroatoms. The van der Waals surface area contributed by atoms with Crippen LogP contribution in [0.2, 0.25) is 0 Å². The van der Waals surface area contributed by atoms with Crippen LogP contribution in [0.5, 0.6) is 11.5 Å². The van der Waals surface area contributed by atoms with Gasteiger partial charge in [-0.25, -0.2) is 4.98 Å². The Morgan fingerprint density at radius 1 is 1.13 bits per heavy atom. The summed E-state index contributed by atoms with van der Waals surface area (Å²) < 4.78 is 5.40. The van der Waals surface area contributed by atoms with Gasteiger partial charge in [-0.15, -0.1) is 0 Å². The van der Waals surface area contributed by atoms with Crippen LogP contribution in [0.15, 0.2) is 42.9 Å². The van der Waals surface area contributed by atoms with Crippen LogP contribution in [0.1, 0.15) is 105 Å². The van der Waals surface area contributed by atoms with E-state index in [0.29, 0.717) is 35.7 Å². The minimum Gasteiger partial charge on any atom is -0.504 e. The number of aromatic hydroxyl groups is 1. The van der Waals surface area contributed by atoms with Crippen molar-refractivity contribution in [3.05, 3.63) is 65.1 Å². The molecule has 1 unspecified atom stereocenters. The first kappa shape index (κ1) is 33.9. The summed E-state index contributed by atoms with van der Waals surface area (Å²) in [6.07, 6.45) is 20.8. The SMILES string of the molecule is CC[C@@H]1CCC(=O)CC(=O)/C=C/c2cc(OC)c(O)cc2Cc2cnc(N)c(c2)[C@H]([C@@]2([NH+]3C=CNC3)CCC3(CCCC3)C2)SSC1. The normalized spacial score (nSPS) is 28.9. The lowest BCUT2D eigenvalue weighted by atomic mass is 9.79. The van der Waals surface area contributed by atoms with E-state index in [-0.39, 0.29) is 34.5 Å². The maximum Gasteiger partial charge on any atom is 0.163 e. The zero-order valence-electron chi connectivity index (χ0n) is 27.7. The van der Waals surface area contributed by atoms with Crippen LogP contribution in [0.25, 0.3) is 6.08 Å². The first-order valence-corrected chi connectivity index (χ1v) is 19.5. The second-order valence-corrected chi connectivity index (χ2v) is 16.6. The van der Waals surface area contributed by atoms with Crippen LogP contribution in [-0.4, -0.2) is 46.7 Å². The Labute approximate surface area is 286 Å². The second-order valence-electron chi connectivity index (χ2n) is 14.1. The number of ether oxygens (including phenoxy) is 1. The van der Waals surface area contributed by atoms with E-state index in [0.717, 1.165) is 53.9 Å². The molecule has 1 aromatic heterocycles. The third-order valence-corrected chi connectivity index (χ3v) is 14.1. The van der Waals surface area contributed by atoms with Crippen molar-refractivity contribution in [2.75, 3.05) is 25.3 Å². The number of pyridine rings is 1. The van der Waals surface area contributed by atoms with Gasteiger partial charge < -0.3 is 20.9 Å². The van der Waals surface area contributed by atoms with Gasteiger partial charge in [-0.3, -0.25) is 14.5 Å². The van der Waals surface area contributed by atoms with Gasteiger partial charge in [-0.1, -0.05) is 53.9 Å². The maximum atomic E-state index is 12.9. The molecule has 252 valence electrons. The smallest absolute Gasteiger partial charge is 0.163 e. The molecule has 2 aromatic rings. The van der Waals surface area contributed by atoms with E-state index >= 15 is 0 Å². The second kappa shape index (κ2) is 14.7. The first-order valence-electron chi connectivity index (χ1n) is 17.2. The highest BCUT2D eigenvalue weighted by Crippen LogP contribution is 2.60. The zero-order chi connectivity index (χ0) is 33.0. The number of hydrogen-bond donors (Lipinski definition) is 4. The number of quaternary nitrogens is 1. The number of rotatable bonds is 4. The molecule has 4 aliphatic rings. The predicted molar refractivity (Wildman–Crippen MR) is 191 cm³/mol. The molecule has 8 nitrogen and oxygen atoms in total. The lowest BCUT2D eigenvalue weighted by Gasteiger charge is -2.41. The van der Waals surface area contributed by atoms with Crippen LogP contribution in [-0.2, 0) is 16.0 Å². The number of hydrogen-bond acceptors (Lipinski definition) is 9. The molecular formula is C37H49N4O4S2+. The number of nitrogens with one attached hydrogen (secondary N) is 2. The predicted octanol–water partition coefficient (Wildman–Crippen LogP) is 6.15. The minimum absolute atomic E-state index is 0.0178. The van der Waals surface area contributed by atoms with Crippen molar-refractivity contribution in [2.24, 2.45) is 11.3 Å². The molecule has 4 atom stereocenters. The third-order valence-electron chi connectivity index (χ3n) is 11.1. The van der Waals surface area contributed by atoms with Crippen molar-refractivity contribution in [1.29, 1.82) is 0 Å². The summed E-state index contributed by atoms with van der Waals surface area (Å²) in [5, 5.41) is 14.3. The number of carbonyl (C=O) groups is 2. The third kappa shape index (κ3) is 7.39. The Balaban J connectivity index is 1.44. The first-order chi connectivity index (χ1) is 22.7. The Morgan fingerprint density at radius 2 is 1.96 bits per heavy atom. The summed E-state index contributed by atoms with van der Waals surface area (Å²) >= 11 is 0. The number of phenolic OH excluding ortho intramolecular Hbond substituents is 1. The molecule has 2 aliphatic carbocycles. The number of nitrogens with two attached hydrogens (primary N) is 1. The largest absolute Gasteiger partial charge is 0.504 e. The Kier molecular flexibility index (Phi) is 10.6. The highest BCUT2D eigenvalue weighted by Gasteiger charge is 2.59. The van der Waals surface area contributed by atoms with Crippen LogP contribution in [0, 0.1) is 11.3 Å². The lowest BCUT2D eigenvalue weighted by molar-refractivity contribution is -0.901. The highest BCUT2D eigenvalue weighted by molar-refractivity contribution is 8.76. The number of anilines is 1. The number of benzene rings is 1. The summed E-state index contributed by atoms with van der Waals surface area (Å²) in [6.45, 7) is 3.06. The van der Waals surface area contributed by atoms with E-state index in [1.165, 1.54) is 56.6 Å². The fraction of sp³-hybridized carbons (Fsp3) is 0.541. The van der Waals surface area contributed by atoms with Gasteiger partial charge in [0, 0.05) is 36.8 Å². The van der Waals surface area contributed by atoms with Crippen molar-refractivity contribution in [3.8, 4) is 11.5 Å². The molecule has 5 N–H and O–H groups in total. The van der Waals surface area contributed by atoms with Gasteiger partial charge in [-0.2, -0.15) is 0 Å². The summed E-state index contributed by atoms with van der Waals surface area (Å²) in [4.78, 5) is 32.0. The number of aromatic nitrogens is 1. The number of phenols is 1. The van der Waals surface area contributed by atoms with Crippen LogP contribution in [0.4, 0.5) is 5.82 Å². The number of allylic oxidation sites excluding steroid dienone is 1. The maximum absolute atomic E-state index is 12.9. The number of nitrogens with zero attached hydrogens (tertiary/aromatic N) is 1. The van der Waals surface area contributed by atoms with Crippen LogP contribution < -0.4 is 20.7 Å². The standard InChI is InChI=1S/C37H48N4O4S2/c1-3-25-6-8-29(42)20-30(43)9-7-27-19-33(45-2)32(44)18-28(27)16-26-17-31(35(38)40-21-26)34(47-46-22-25)37(41-15-14-39-24-41)13-12-36(23-37)10-4-5-11-36/h7,9,14-15,17-19,21,25,34,39,44H,3-6,8,10-13,16,20,22-24H2,1-2H3,(H2,38,40)/p+1/b9-7+/t25-,34-,37-/m1/s1. The summed E-state index contributed by atoms with van der Waals surface area (Å²) in [5.74, 6) is 2.02. The Morgan fingerprint density at radius 3 is 2.70 bits per heavy atom. The quantitative estimate of drug-likeness (QED) is 0.223. The number of Topliss-reactive ketones (excluding diaryl/α,β-unsaturated/α-hetero) is 1. The summed E-state index contributed by atoms with van der Waals surface area (Å²) in [7, 11) is 5.36. The highest BCUT2D eigenvalue weighted by atomic mass is 33.1. The van der Waals surface area contributed by atoms with Gasteiger partial charge in [0.25, 0.3) is 0 Å². The number of ketones is 2. The van der Waals surface area contributed by atoms with E-state index in [1.807, 2.05) is 27.8 Å². The summed E-state index contributed by atoms with van der Waals surface area (Å²) in [6, 6.07) is 5.68. The molecule has 2 aliphatic heterocycles. The molecule has 0 amide bonds. The van der Waals surface area contributed by atoms with Crippen molar-refractivity contribution in [2.45, 2.75) is 94.8 Å². The molecule has 2 saturated carbocycles. The van der Waals surface area contributed by atoms with Gasteiger partial charge in [0.05, 0.1) is 25.0 Å². The fourth-order valence-corrected chi connectivity index (χ4v) is 12.1. The van der Waals surface area contributed by atoms with Gasteiger partial charge in [0.2, 0.25) is 0 Å². The molecule has 47 heavy (non-hydrogen) atoms. The minimum atomic E-state index is -0.221. The number of fused-ring (bicyclic) bond motifs is 3. The van der Waals surface area contributed by atoms with Crippen molar-refractivity contribution >= 4 is 45.0 Å². The molecule has 0 saturated heterocycles. The summed E-state index contributed by atoms with van der Waals surface area (Å²) in [5.41, 5.74) is 10.8. The van der Waals surface area contributed by atoms with Gasteiger partial charge in [0.1, 0.15) is 23.3 Å². The van der Waals surface area contributed by atoms with E-state index in [4.69, 9.17) is 15.5 Å². The Hall–Kier alpha value is -2.95. The van der Waals surface area contributed by atoms with Crippen LogP contribution in [0.3, 0.4) is 0 Å². The number of carbonyl (C=O) groups excluding carboxylic acids is 2. The van der Waals surface area contributed by atoms with E-state index in [9.17, 15) is 14.7 Å². The number of methoxy groups -OCH3 is 1. The zero-order valence-corrected chi connectivity index (χ0v) is 29.3. The topological polar surface area (TPSA) is 119 Å². The Bertz CT molecular complexity index is 1540. The van der Waals surface area contributed by atoms with Gasteiger partial charge in [-0.05, 0) is 84.4 Å². The molecule has 2 fully saturated rings. The van der Waals surface area contributed by atoms with E-state index in [2.05, 4.69) is 30.7 Å².